The summed E-state index contributed by atoms with van der Waals surface area (Å²) >= 11 is 0. The first-order chi connectivity index (χ1) is 8.09. The number of para-hydroxylation sites is 1. The van der Waals surface area contributed by atoms with Crippen LogP contribution in [-0.2, 0) is 4.79 Å². The van der Waals surface area contributed by atoms with E-state index in [-0.39, 0.29) is 5.92 Å². The Morgan fingerprint density at radius 2 is 2.06 bits per heavy atom. The number of fused-ring (bicyclic) bond motifs is 1. The molecule has 2 N–H and O–H groups in total. The number of carboxylic acids is 1. The van der Waals surface area contributed by atoms with Gasteiger partial charge in [0.15, 0.2) is 0 Å². The average Bonchev–Trinajstić information content (AvgIpc) is 2.69. The maximum absolute atomic E-state index is 10.9. The molecule has 3 heteroatoms. The second-order valence-corrected chi connectivity index (χ2v) is 4.34. The van der Waals surface area contributed by atoms with E-state index in [4.69, 9.17) is 5.11 Å². The van der Waals surface area contributed by atoms with E-state index >= 15 is 0 Å². The maximum atomic E-state index is 10.9. The third kappa shape index (κ3) is 2.23. The number of aromatic amines is 1. The molecule has 0 saturated carbocycles. The molecule has 88 valence electrons. The van der Waals surface area contributed by atoms with Crippen molar-refractivity contribution < 1.29 is 9.90 Å². The van der Waals surface area contributed by atoms with Crippen LogP contribution in [0, 0.1) is 5.92 Å². The summed E-state index contributed by atoms with van der Waals surface area (Å²) < 4.78 is 0. The highest BCUT2D eigenvalue weighted by Gasteiger charge is 2.12. The molecule has 17 heavy (non-hydrogen) atoms. The Kier molecular flexibility index (Phi) is 3.00. The van der Waals surface area contributed by atoms with Crippen LogP contribution in [-0.4, -0.2) is 16.1 Å². The van der Waals surface area contributed by atoms with E-state index in [2.05, 4.69) is 4.98 Å². The highest BCUT2D eigenvalue weighted by molar-refractivity contribution is 5.98. The number of hydrogen-bond acceptors (Lipinski definition) is 1. The van der Waals surface area contributed by atoms with Crippen LogP contribution >= 0.6 is 0 Å². The first-order valence-electron chi connectivity index (χ1n) is 5.60. The Balaban J connectivity index is 2.61. The van der Waals surface area contributed by atoms with Gasteiger partial charge in [0.2, 0.25) is 0 Å². The van der Waals surface area contributed by atoms with E-state index in [1.165, 1.54) is 6.08 Å². The Morgan fingerprint density at radius 1 is 1.35 bits per heavy atom. The van der Waals surface area contributed by atoms with Crippen LogP contribution in [0.3, 0.4) is 0 Å². The van der Waals surface area contributed by atoms with Crippen LogP contribution < -0.4 is 0 Å². The molecule has 0 amide bonds. The van der Waals surface area contributed by atoms with Gasteiger partial charge in [0.25, 0.3) is 0 Å². The molecule has 0 saturated heterocycles. The lowest BCUT2D eigenvalue weighted by atomic mass is 9.94. The minimum absolute atomic E-state index is 0.172. The Hall–Kier alpha value is -2.03. The number of aromatic nitrogens is 1. The highest BCUT2D eigenvalue weighted by atomic mass is 16.4. The summed E-state index contributed by atoms with van der Waals surface area (Å²) in [5.74, 6) is -0.732. The average molecular weight is 229 g/mol. The first kappa shape index (κ1) is 11.5. The predicted octanol–water partition coefficient (Wildman–Crippen LogP) is 3.29. The topological polar surface area (TPSA) is 53.1 Å². The molecule has 0 unspecified atom stereocenters. The zero-order valence-corrected chi connectivity index (χ0v) is 9.90. The van der Waals surface area contributed by atoms with E-state index in [9.17, 15) is 4.79 Å². The number of carbonyl (C=O) groups is 1. The number of H-pyrrole nitrogens is 1. The van der Waals surface area contributed by atoms with Crippen molar-refractivity contribution in [2.45, 2.75) is 13.8 Å². The Bertz CT molecular complexity index is 579. The number of aliphatic carboxylic acids is 1. The van der Waals surface area contributed by atoms with Crippen LogP contribution in [0.15, 0.2) is 36.5 Å². The summed E-state index contributed by atoms with van der Waals surface area (Å²) in [7, 11) is 0. The van der Waals surface area contributed by atoms with E-state index < -0.39 is 5.97 Å². The van der Waals surface area contributed by atoms with Crippen molar-refractivity contribution in [3.63, 3.8) is 0 Å². The van der Waals surface area contributed by atoms with Crippen molar-refractivity contribution >= 4 is 22.4 Å². The third-order valence-corrected chi connectivity index (χ3v) is 2.80. The molecule has 0 fully saturated rings. The molecule has 0 aliphatic rings. The minimum Gasteiger partial charge on any atom is -0.478 e. The van der Waals surface area contributed by atoms with Gasteiger partial charge in [-0.1, -0.05) is 32.0 Å². The third-order valence-electron chi connectivity index (χ3n) is 2.80. The summed E-state index contributed by atoms with van der Waals surface area (Å²) in [6.45, 7) is 3.99. The number of benzene rings is 1. The minimum atomic E-state index is -0.904. The van der Waals surface area contributed by atoms with E-state index in [1.54, 1.807) is 0 Å². The van der Waals surface area contributed by atoms with Gasteiger partial charge in [0.1, 0.15) is 0 Å². The molecule has 1 aromatic heterocycles. The largest absolute Gasteiger partial charge is 0.478 e. The van der Waals surface area contributed by atoms with Crippen LogP contribution in [0.1, 0.15) is 19.4 Å². The number of hydrogen-bond donors (Lipinski definition) is 2. The van der Waals surface area contributed by atoms with E-state index in [0.29, 0.717) is 0 Å². The van der Waals surface area contributed by atoms with Gasteiger partial charge in [-0.15, -0.1) is 0 Å². The predicted molar refractivity (Wildman–Crippen MR) is 68.7 cm³/mol. The van der Waals surface area contributed by atoms with E-state index in [0.717, 1.165) is 22.0 Å². The van der Waals surface area contributed by atoms with Gasteiger partial charge in [-0.2, -0.15) is 0 Å². The molecule has 1 aromatic carbocycles. The van der Waals surface area contributed by atoms with Gasteiger partial charge < -0.3 is 10.1 Å². The normalized spacial score (nSPS) is 12.3. The Labute approximate surface area is 99.8 Å². The summed E-state index contributed by atoms with van der Waals surface area (Å²) in [5.41, 5.74) is 2.84. The highest BCUT2D eigenvalue weighted by Crippen LogP contribution is 2.29. The van der Waals surface area contributed by atoms with Crippen molar-refractivity contribution in [3.8, 4) is 0 Å². The summed E-state index contributed by atoms with van der Waals surface area (Å²) in [6, 6.07) is 7.90. The molecule has 2 rings (SSSR count). The molecule has 0 atom stereocenters. The number of rotatable bonds is 3. The first-order valence-corrected chi connectivity index (χ1v) is 5.60. The monoisotopic (exact) mass is 229 g/mol. The van der Waals surface area contributed by atoms with Crippen LogP contribution in [0.25, 0.3) is 16.5 Å². The molecule has 0 radical (unpaired) electrons. The lowest BCUT2D eigenvalue weighted by molar-refractivity contribution is -0.131. The lowest BCUT2D eigenvalue weighted by Crippen LogP contribution is -1.98. The van der Waals surface area contributed by atoms with Crippen molar-refractivity contribution in [3.05, 3.63) is 42.1 Å². The molecule has 3 nitrogen and oxygen atoms in total. The van der Waals surface area contributed by atoms with Crippen molar-refractivity contribution in [1.82, 2.24) is 4.98 Å². The smallest absolute Gasteiger partial charge is 0.328 e. The fraction of sp³-hybridized carbons (Fsp3) is 0.214. The number of nitrogens with one attached hydrogen (secondary N) is 1. The fourth-order valence-electron chi connectivity index (χ4n) is 2.00. The molecular formula is C14H15NO2. The van der Waals surface area contributed by atoms with Gasteiger partial charge in [0.05, 0.1) is 0 Å². The maximum Gasteiger partial charge on any atom is 0.328 e. The quantitative estimate of drug-likeness (QED) is 0.793. The van der Waals surface area contributed by atoms with Crippen LogP contribution in [0.5, 0.6) is 0 Å². The van der Waals surface area contributed by atoms with Gasteiger partial charge in [-0.3, -0.25) is 0 Å². The lowest BCUT2D eigenvalue weighted by Gasteiger charge is -2.09. The van der Waals surface area contributed by atoms with Gasteiger partial charge in [0, 0.05) is 28.7 Å². The zero-order chi connectivity index (χ0) is 12.4. The van der Waals surface area contributed by atoms with Crippen LogP contribution in [0.4, 0.5) is 0 Å². The number of allylic oxidation sites excluding steroid dienone is 1. The Morgan fingerprint density at radius 3 is 2.71 bits per heavy atom. The molecule has 0 bridgehead atoms. The molecule has 0 aliphatic carbocycles. The molecule has 2 aromatic rings. The molecule has 0 aliphatic heterocycles. The summed E-state index contributed by atoms with van der Waals surface area (Å²) in [4.78, 5) is 14.0. The van der Waals surface area contributed by atoms with E-state index in [1.807, 2.05) is 44.3 Å². The zero-order valence-electron chi connectivity index (χ0n) is 9.90. The van der Waals surface area contributed by atoms with Gasteiger partial charge >= 0.3 is 5.97 Å². The second-order valence-electron chi connectivity index (χ2n) is 4.34. The van der Waals surface area contributed by atoms with Gasteiger partial charge in [-0.05, 0) is 17.6 Å². The van der Waals surface area contributed by atoms with Crippen molar-refractivity contribution in [2.24, 2.45) is 5.92 Å². The van der Waals surface area contributed by atoms with Crippen LogP contribution in [0.2, 0.25) is 0 Å². The van der Waals surface area contributed by atoms with Crippen molar-refractivity contribution in [1.29, 1.82) is 0 Å². The molecule has 0 spiro atoms. The standard InChI is InChI=1S/C14H15NO2/c1-9(2)11(7-14(16)17)12-8-15-13-6-4-3-5-10(12)13/h3-9,15H,1-2H3,(H,16,17)/b11-7+. The summed E-state index contributed by atoms with van der Waals surface area (Å²) in [5, 5.41) is 9.98. The van der Waals surface area contributed by atoms with Crippen molar-refractivity contribution in [2.75, 3.05) is 0 Å². The summed E-state index contributed by atoms with van der Waals surface area (Å²) in [6.07, 6.45) is 3.17. The SMILES string of the molecule is CC(C)/C(=C\C(=O)O)c1c[nH]c2ccccc12. The fourth-order valence-corrected chi connectivity index (χ4v) is 2.00. The number of carboxylic acid groups (broad SMARTS) is 1. The second kappa shape index (κ2) is 4.45. The molecule has 1 heterocycles. The molecular weight excluding hydrogens is 214 g/mol. The van der Waals surface area contributed by atoms with Gasteiger partial charge in [-0.25, -0.2) is 4.79 Å².